The number of hydrogen-bond acceptors (Lipinski definition) is 3. The van der Waals surface area contributed by atoms with E-state index in [1.807, 2.05) is 7.05 Å². The molecule has 1 aliphatic heterocycles. The normalized spacial score (nSPS) is 27.9. The summed E-state index contributed by atoms with van der Waals surface area (Å²) in [5.41, 5.74) is 0. The van der Waals surface area contributed by atoms with Crippen LogP contribution < -0.4 is 5.32 Å². The van der Waals surface area contributed by atoms with Crippen LogP contribution in [0, 0.1) is 5.92 Å². The van der Waals surface area contributed by atoms with Gasteiger partial charge in [0.2, 0.25) is 0 Å². The fraction of sp³-hybridized carbons (Fsp3) is 1.00. The molecule has 0 aromatic carbocycles. The molecule has 1 aliphatic rings. The minimum atomic E-state index is 0.619. The zero-order valence-electron chi connectivity index (χ0n) is 9.42. The van der Waals surface area contributed by atoms with Crippen molar-refractivity contribution >= 4 is 0 Å². The van der Waals surface area contributed by atoms with Crippen molar-refractivity contribution < 1.29 is 9.47 Å². The summed E-state index contributed by atoms with van der Waals surface area (Å²) in [7, 11) is 2.04. The molecular weight excluding hydrogens is 178 g/mol. The van der Waals surface area contributed by atoms with Crippen molar-refractivity contribution in [3.05, 3.63) is 0 Å². The van der Waals surface area contributed by atoms with Gasteiger partial charge in [0.1, 0.15) is 0 Å². The average molecular weight is 201 g/mol. The lowest BCUT2D eigenvalue weighted by atomic mass is 9.93. The smallest absolute Gasteiger partial charge is 0.0510 e. The van der Waals surface area contributed by atoms with Crippen LogP contribution in [-0.4, -0.2) is 39.5 Å². The molecule has 0 aromatic rings. The minimum absolute atomic E-state index is 0.619. The SMILES string of the molecule is CCCOCCC1COCCC1NC. The van der Waals surface area contributed by atoms with Gasteiger partial charge in [-0.3, -0.25) is 0 Å². The Morgan fingerprint density at radius 2 is 2.29 bits per heavy atom. The van der Waals surface area contributed by atoms with Crippen LogP contribution in [0.15, 0.2) is 0 Å². The number of nitrogens with one attached hydrogen (secondary N) is 1. The van der Waals surface area contributed by atoms with Crippen LogP contribution in [0.1, 0.15) is 26.2 Å². The largest absolute Gasteiger partial charge is 0.381 e. The van der Waals surface area contributed by atoms with Crippen molar-refractivity contribution in [1.82, 2.24) is 5.32 Å². The van der Waals surface area contributed by atoms with Gasteiger partial charge >= 0.3 is 0 Å². The zero-order chi connectivity index (χ0) is 10.2. The summed E-state index contributed by atoms with van der Waals surface area (Å²) < 4.78 is 11.0. The molecular formula is C11H23NO2. The Morgan fingerprint density at radius 3 is 3.00 bits per heavy atom. The molecule has 1 heterocycles. The molecule has 1 rings (SSSR count). The highest BCUT2D eigenvalue weighted by atomic mass is 16.5. The highest BCUT2D eigenvalue weighted by Crippen LogP contribution is 2.17. The van der Waals surface area contributed by atoms with Gasteiger partial charge in [0.25, 0.3) is 0 Å². The van der Waals surface area contributed by atoms with E-state index in [1.54, 1.807) is 0 Å². The molecule has 0 amide bonds. The van der Waals surface area contributed by atoms with Gasteiger partial charge in [-0.05, 0) is 32.2 Å². The Balaban J connectivity index is 2.13. The first-order valence-corrected chi connectivity index (χ1v) is 5.71. The van der Waals surface area contributed by atoms with Gasteiger partial charge < -0.3 is 14.8 Å². The number of ether oxygens (including phenoxy) is 2. The molecule has 3 heteroatoms. The van der Waals surface area contributed by atoms with E-state index < -0.39 is 0 Å². The Morgan fingerprint density at radius 1 is 1.43 bits per heavy atom. The van der Waals surface area contributed by atoms with E-state index in [2.05, 4.69) is 12.2 Å². The second-order valence-electron chi connectivity index (χ2n) is 3.92. The van der Waals surface area contributed by atoms with Crippen LogP contribution in [-0.2, 0) is 9.47 Å². The Kier molecular flexibility index (Phi) is 6.15. The maximum atomic E-state index is 5.50. The van der Waals surface area contributed by atoms with E-state index in [-0.39, 0.29) is 0 Å². The van der Waals surface area contributed by atoms with Gasteiger partial charge in [-0.15, -0.1) is 0 Å². The van der Waals surface area contributed by atoms with Crippen molar-refractivity contribution in [3.63, 3.8) is 0 Å². The molecule has 14 heavy (non-hydrogen) atoms. The van der Waals surface area contributed by atoms with Crippen LogP contribution in [0.5, 0.6) is 0 Å². The minimum Gasteiger partial charge on any atom is -0.381 e. The molecule has 0 spiro atoms. The van der Waals surface area contributed by atoms with E-state index in [0.29, 0.717) is 12.0 Å². The van der Waals surface area contributed by atoms with Gasteiger partial charge in [-0.25, -0.2) is 0 Å². The molecule has 1 saturated heterocycles. The van der Waals surface area contributed by atoms with E-state index in [0.717, 1.165) is 45.7 Å². The lowest BCUT2D eigenvalue weighted by Gasteiger charge is -2.31. The first-order chi connectivity index (χ1) is 6.88. The highest BCUT2D eigenvalue weighted by molar-refractivity contribution is 4.78. The predicted octanol–water partition coefficient (Wildman–Crippen LogP) is 1.43. The maximum Gasteiger partial charge on any atom is 0.0510 e. The van der Waals surface area contributed by atoms with Gasteiger partial charge in [-0.1, -0.05) is 6.92 Å². The Labute approximate surface area is 87.2 Å². The lowest BCUT2D eigenvalue weighted by molar-refractivity contribution is 0.0157. The fourth-order valence-electron chi connectivity index (χ4n) is 1.94. The molecule has 2 unspecified atom stereocenters. The molecule has 2 atom stereocenters. The molecule has 0 saturated carbocycles. The van der Waals surface area contributed by atoms with Crippen LogP contribution in [0.25, 0.3) is 0 Å². The summed E-state index contributed by atoms with van der Waals surface area (Å²) in [6.45, 7) is 5.69. The highest BCUT2D eigenvalue weighted by Gasteiger charge is 2.23. The number of hydrogen-bond donors (Lipinski definition) is 1. The predicted molar refractivity (Wildman–Crippen MR) is 57.5 cm³/mol. The zero-order valence-corrected chi connectivity index (χ0v) is 9.42. The van der Waals surface area contributed by atoms with Gasteiger partial charge in [0.15, 0.2) is 0 Å². The first kappa shape index (κ1) is 12.0. The lowest BCUT2D eigenvalue weighted by Crippen LogP contribution is -2.41. The fourth-order valence-corrected chi connectivity index (χ4v) is 1.94. The summed E-state index contributed by atoms with van der Waals surface area (Å²) in [4.78, 5) is 0. The molecule has 0 radical (unpaired) electrons. The molecule has 0 bridgehead atoms. The van der Waals surface area contributed by atoms with E-state index in [1.165, 1.54) is 0 Å². The van der Waals surface area contributed by atoms with Crippen LogP contribution >= 0.6 is 0 Å². The third-order valence-electron chi connectivity index (χ3n) is 2.83. The van der Waals surface area contributed by atoms with E-state index >= 15 is 0 Å². The summed E-state index contributed by atoms with van der Waals surface area (Å²) in [5, 5.41) is 3.36. The molecule has 0 aromatic heterocycles. The third kappa shape index (κ3) is 3.95. The van der Waals surface area contributed by atoms with Crippen molar-refractivity contribution in [2.24, 2.45) is 5.92 Å². The maximum absolute atomic E-state index is 5.50. The topological polar surface area (TPSA) is 30.5 Å². The monoisotopic (exact) mass is 201 g/mol. The quantitative estimate of drug-likeness (QED) is 0.659. The third-order valence-corrected chi connectivity index (χ3v) is 2.83. The van der Waals surface area contributed by atoms with Crippen LogP contribution in [0.3, 0.4) is 0 Å². The summed E-state index contributed by atoms with van der Waals surface area (Å²) in [6, 6.07) is 0.619. The van der Waals surface area contributed by atoms with Crippen molar-refractivity contribution in [1.29, 1.82) is 0 Å². The Bertz CT molecular complexity index is 141. The van der Waals surface area contributed by atoms with Crippen LogP contribution in [0.4, 0.5) is 0 Å². The molecule has 3 nitrogen and oxygen atoms in total. The van der Waals surface area contributed by atoms with Crippen LogP contribution in [0.2, 0.25) is 0 Å². The number of rotatable bonds is 6. The molecule has 84 valence electrons. The van der Waals surface area contributed by atoms with Gasteiger partial charge in [0.05, 0.1) is 6.61 Å². The summed E-state index contributed by atoms with van der Waals surface area (Å²) >= 11 is 0. The second kappa shape index (κ2) is 7.21. The van der Waals surface area contributed by atoms with Crippen molar-refractivity contribution in [2.75, 3.05) is 33.5 Å². The summed E-state index contributed by atoms with van der Waals surface area (Å²) in [6.07, 6.45) is 3.36. The van der Waals surface area contributed by atoms with E-state index in [4.69, 9.17) is 9.47 Å². The molecule has 0 aliphatic carbocycles. The molecule has 1 N–H and O–H groups in total. The van der Waals surface area contributed by atoms with E-state index in [9.17, 15) is 0 Å². The van der Waals surface area contributed by atoms with Crippen molar-refractivity contribution in [2.45, 2.75) is 32.2 Å². The summed E-state index contributed by atoms with van der Waals surface area (Å²) in [5.74, 6) is 0.630. The van der Waals surface area contributed by atoms with Gasteiger partial charge in [0, 0.05) is 25.9 Å². The Hall–Kier alpha value is -0.120. The van der Waals surface area contributed by atoms with Gasteiger partial charge in [-0.2, -0.15) is 0 Å². The second-order valence-corrected chi connectivity index (χ2v) is 3.92. The average Bonchev–Trinajstić information content (AvgIpc) is 2.25. The standard InChI is InChI=1S/C11H23NO2/c1-3-6-13-7-4-10-9-14-8-5-11(10)12-2/h10-12H,3-9H2,1-2H3. The van der Waals surface area contributed by atoms with Crippen molar-refractivity contribution in [3.8, 4) is 0 Å². The first-order valence-electron chi connectivity index (χ1n) is 5.71. The molecule has 1 fully saturated rings.